The molecule has 0 atom stereocenters. The maximum Gasteiger partial charge on any atom is 0.274 e. The topological polar surface area (TPSA) is 97.0 Å². The van der Waals surface area contributed by atoms with Crippen LogP contribution in [0.2, 0.25) is 0 Å². The van der Waals surface area contributed by atoms with Gasteiger partial charge in [-0.25, -0.2) is 0 Å². The Hall–Kier alpha value is -2.22. The van der Waals surface area contributed by atoms with Crippen LogP contribution in [0, 0.1) is 0 Å². The minimum absolute atomic E-state index is 0.158. The third-order valence-corrected chi connectivity index (χ3v) is 4.96. The molecule has 0 spiro atoms. The highest BCUT2D eigenvalue weighted by Gasteiger charge is 2.20. The van der Waals surface area contributed by atoms with Gasteiger partial charge in [0.05, 0.1) is 7.11 Å². The first-order valence-electron chi connectivity index (χ1n) is 7.59. The van der Waals surface area contributed by atoms with Gasteiger partial charge in [0.1, 0.15) is 10.7 Å². The largest absolute Gasteiger partial charge is 0.491 e. The predicted octanol–water partition coefficient (Wildman–Crippen LogP) is 2.54. The molecule has 1 aliphatic rings. The average molecular weight is 334 g/mol. The van der Waals surface area contributed by atoms with Crippen molar-refractivity contribution in [1.82, 2.24) is 15.2 Å². The molecule has 1 saturated carbocycles. The van der Waals surface area contributed by atoms with E-state index in [2.05, 4.69) is 20.5 Å². The molecule has 2 aromatic rings. The van der Waals surface area contributed by atoms with E-state index >= 15 is 0 Å². The Bertz CT molecular complexity index is 749. The number of carbonyl (C=O) groups excluding carboxylic acids is 1. The van der Waals surface area contributed by atoms with Crippen LogP contribution in [0.4, 0.5) is 5.13 Å². The summed E-state index contributed by atoms with van der Waals surface area (Å²) in [7, 11) is 1.40. The van der Waals surface area contributed by atoms with Crippen LogP contribution in [0.1, 0.15) is 53.5 Å². The molecule has 0 radical (unpaired) electrons. The number of hydrogen-bond donors (Lipinski definition) is 2. The fourth-order valence-electron chi connectivity index (χ4n) is 2.71. The number of amides is 1. The van der Waals surface area contributed by atoms with Gasteiger partial charge < -0.3 is 9.72 Å². The monoisotopic (exact) mass is 334 g/mol. The number of carbonyl (C=O) groups is 1. The molecule has 2 N–H and O–H groups in total. The van der Waals surface area contributed by atoms with Gasteiger partial charge in [0, 0.05) is 18.2 Å². The lowest BCUT2D eigenvalue weighted by atomic mass is 9.90. The lowest BCUT2D eigenvalue weighted by molar-refractivity contribution is 0.102. The fourth-order valence-corrected chi connectivity index (χ4v) is 3.62. The van der Waals surface area contributed by atoms with E-state index in [1.165, 1.54) is 50.0 Å². The first kappa shape index (κ1) is 15.7. The molecule has 0 unspecified atom stereocenters. The predicted molar refractivity (Wildman–Crippen MR) is 87.3 cm³/mol. The lowest BCUT2D eigenvalue weighted by Crippen LogP contribution is -2.17. The number of nitrogens with zero attached hydrogens (tertiary/aromatic N) is 2. The number of aromatic amines is 1. The van der Waals surface area contributed by atoms with Gasteiger partial charge in [-0.1, -0.05) is 30.6 Å². The summed E-state index contributed by atoms with van der Waals surface area (Å²) in [6.07, 6.45) is 7.36. The molecule has 0 bridgehead atoms. The molecule has 23 heavy (non-hydrogen) atoms. The van der Waals surface area contributed by atoms with Crippen molar-refractivity contribution in [2.24, 2.45) is 0 Å². The van der Waals surface area contributed by atoms with Gasteiger partial charge in [-0.05, 0) is 12.8 Å². The Morgan fingerprint density at radius 3 is 2.83 bits per heavy atom. The number of hydrogen-bond acceptors (Lipinski definition) is 6. The third-order valence-electron chi connectivity index (χ3n) is 3.96. The molecular weight excluding hydrogens is 316 g/mol. The minimum Gasteiger partial charge on any atom is -0.491 e. The molecule has 1 aliphatic carbocycles. The van der Waals surface area contributed by atoms with Crippen LogP contribution in [0.5, 0.6) is 5.75 Å². The maximum atomic E-state index is 12.2. The van der Waals surface area contributed by atoms with Crippen LogP contribution in [-0.2, 0) is 0 Å². The average Bonchev–Trinajstić information content (AvgIpc) is 3.04. The zero-order valence-corrected chi connectivity index (χ0v) is 13.6. The number of anilines is 1. The van der Waals surface area contributed by atoms with E-state index in [0.717, 1.165) is 17.8 Å². The second-order valence-electron chi connectivity index (χ2n) is 5.51. The molecule has 8 heteroatoms. The number of H-pyrrole nitrogens is 1. The first-order chi connectivity index (χ1) is 11.2. The number of aromatic nitrogens is 3. The smallest absolute Gasteiger partial charge is 0.274 e. The van der Waals surface area contributed by atoms with Crippen molar-refractivity contribution in [1.29, 1.82) is 0 Å². The summed E-state index contributed by atoms with van der Waals surface area (Å²) in [4.78, 5) is 26.6. The summed E-state index contributed by atoms with van der Waals surface area (Å²) < 4.78 is 4.87. The number of methoxy groups -OCH3 is 1. The van der Waals surface area contributed by atoms with Crippen molar-refractivity contribution < 1.29 is 9.53 Å². The summed E-state index contributed by atoms with van der Waals surface area (Å²) in [5, 5.41) is 12.3. The normalized spacial score (nSPS) is 15.3. The summed E-state index contributed by atoms with van der Waals surface area (Å²) in [5.74, 6) is 0.195. The van der Waals surface area contributed by atoms with Crippen molar-refractivity contribution in [3.05, 3.63) is 33.2 Å². The quantitative estimate of drug-likeness (QED) is 0.895. The van der Waals surface area contributed by atoms with Crippen LogP contribution in [0.15, 0.2) is 17.1 Å². The van der Waals surface area contributed by atoms with E-state index < -0.39 is 5.91 Å². The number of ether oxygens (including phenoxy) is 1. The summed E-state index contributed by atoms with van der Waals surface area (Å²) >= 11 is 1.40. The molecule has 122 valence electrons. The molecule has 7 nitrogen and oxygen atoms in total. The van der Waals surface area contributed by atoms with E-state index in [1.807, 2.05) is 0 Å². The van der Waals surface area contributed by atoms with Gasteiger partial charge in [0.15, 0.2) is 5.75 Å². The highest BCUT2D eigenvalue weighted by atomic mass is 32.1. The van der Waals surface area contributed by atoms with E-state index in [4.69, 9.17) is 4.74 Å². The van der Waals surface area contributed by atoms with Crippen LogP contribution >= 0.6 is 11.3 Å². The van der Waals surface area contributed by atoms with Crippen molar-refractivity contribution in [2.75, 3.05) is 12.4 Å². The molecule has 1 fully saturated rings. The second kappa shape index (κ2) is 6.91. The third kappa shape index (κ3) is 3.58. The van der Waals surface area contributed by atoms with E-state index in [0.29, 0.717) is 11.0 Å². The van der Waals surface area contributed by atoms with Crippen LogP contribution in [0.25, 0.3) is 0 Å². The van der Waals surface area contributed by atoms with Gasteiger partial charge in [0.25, 0.3) is 5.91 Å². The minimum atomic E-state index is -0.420. The SMILES string of the molecule is COc1c[nH]c(C(=O)Nc2nnc(C3CCCCC3)s2)cc1=O. The molecular formula is C15H18N4O3S. The van der Waals surface area contributed by atoms with E-state index in [9.17, 15) is 9.59 Å². The Labute approximate surface area is 137 Å². The molecule has 0 saturated heterocycles. The lowest BCUT2D eigenvalue weighted by Gasteiger charge is -2.18. The summed E-state index contributed by atoms with van der Waals surface area (Å²) in [6.45, 7) is 0. The fraction of sp³-hybridized carbons (Fsp3) is 0.467. The zero-order chi connectivity index (χ0) is 16.2. The summed E-state index contributed by atoms with van der Waals surface area (Å²) in [5.41, 5.74) is -0.193. The van der Waals surface area contributed by atoms with Crippen molar-refractivity contribution in [3.63, 3.8) is 0 Å². The van der Waals surface area contributed by atoms with Crippen molar-refractivity contribution >= 4 is 22.4 Å². The standard InChI is InChI=1S/C15H18N4O3S/c1-22-12-8-16-10(7-11(12)20)13(21)17-15-19-18-14(23-15)9-5-3-2-4-6-9/h7-9H,2-6H2,1H3,(H,16,20)(H,17,19,21). The van der Waals surface area contributed by atoms with Gasteiger partial charge >= 0.3 is 0 Å². The van der Waals surface area contributed by atoms with Crippen LogP contribution in [-0.4, -0.2) is 28.2 Å². The number of rotatable bonds is 4. The molecule has 0 aliphatic heterocycles. The van der Waals surface area contributed by atoms with E-state index in [-0.39, 0.29) is 16.9 Å². The highest BCUT2D eigenvalue weighted by Crippen LogP contribution is 2.35. The number of nitrogens with one attached hydrogen (secondary N) is 2. The molecule has 1 amide bonds. The zero-order valence-electron chi connectivity index (χ0n) is 12.8. The van der Waals surface area contributed by atoms with Gasteiger partial charge in [-0.2, -0.15) is 0 Å². The summed E-state index contributed by atoms with van der Waals surface area (Å²) in [6, 6.07) is 1.21. The Kier molecular flexibility index (Phi) is 4.71. The van der Waals surface area contributed by atoms with Crippen LogP contribution in [0.3, 0.4) is 0 Å². The molecule has 3 rings (SSSR count). The molecule has 0 aromatic carbocycles. The van der Waals surface area contributed by atoms with Gasteiger partial charge in [0.2, 0.25) is 10.6 Å². The Morgan fingerprint density at radius 2 is 2.13 bits per heavy atom. The first-order valence-corrected chi connectivity index (χ1v) is 8.40. The van der Waals surface area contributed by atoms with Gasteiger partial charge in [-0.15, -0.1) is 10.2 Å². The molecule has 2 heterocycles. The number of pyridine rings is 1. The van der Waals surface area contributed by atoms with Gasteiger partial charge in [-0.3, -0.25) is 14.9 Å². The second-order valence-corrected chi connectivity index (χ2v) is 6.52. The van der Waals surface area contributed by atoms with Crippen molar-refractivity contribution in [2.45, 2.75) is 38.0 Å². The highest BCUT2D eigenvalue weighted by molar-refractivity contribution is 7.15. The van der Waals surface area contributed by atoms with Crippen LogP contribution < -0.4 is 15.5 Å². The van der Waals surface area contributed by atoms with Crippen molar-refractivity contribution in [3.8, 4) is 5.75 Å². The Morgan fingerprint density at radius 1 is 1.35 bits per heavy atom. The maximum absolute atomic E-state index is 12.2. The van der Waals surface area contributed by atoms with E-state index in [1.54, 1.807) is 0 Å². The Balaban J connectivity index is 1.69. The molecule has 2 aromatic heterocycles.